The van der Waals surface area contributed by atoms with Gasteiger partial charge in [0.25, 0.3) is 0 Å². The lowest BCUT2D eigenvalue weighted by atomic mass is 10.0. The van der Waals surface area contributed by atoms with Crippen LogP contribution in [0.2, 0.25) is 0 Å². The highest BCUT2D eigenvalue weighted by Gasteiger charge is 2.14. The fourth-order valence-corrected chi connectivity index (χ4v) is 3.84. The van der Waals surface area contributed by atoms with Crippen molar-refractivity contribution in [3.05, 3.63) is 60.3 Å². The van der Waals surface area contributed by atoms with Crippen molar-refractivity contribution in [3.8, 4) is 22.4 Å². The summed E-state index contributed by atoms with van der Waals surface area (Å²) in [6, 6.07) is 17.5. The second-order valence-electron chi connectivity index (χ2n) is 8.06. The number of rotatable bonds is 6. The zero-order chi connectivity index (χ0) is 20.5. The Kier molecular flexibility index (Phi) is 5.75. The highest BCUT2D eigenvalue weighted by atomic mass is 32.2. The van der Waals surface area contributed by atoms with E-state index >= 15 is 0 Å². The molecule has 0 bridgehead atoms. The number of hydrogen-bond acceptors (Lipinski definition) is 3. The molecule has 4 nitrogen and oxygen atoms in total. The van der Waals surface area contributed by atoms with Gasteiger partial charge in [0.05, 0.1) is 16.3 Å². The van der Waals surface area contributed by atoms with Crippen molar-refractivity contribution in [2.75, 3.05) is 6.26 Å². The second kappa shape index (κ2) is 7.92. The van der Waals surface area contributed by atoms with Crippen LogP contribution in [0.25, 0.3) is 22.4 Å². The average molecular weight is 397 g/mol. The number of benzene rings is 2. The second-order valence-corrected chi connectivity index (χ2v) is 10.1. The molecule has 0 saturated carbocycles. The summed E-state index contributed by atoms with van der Waals surface area (Å²) < 4.78 is 25.8. The van der Waals surface area contributed by atoms with Gasteiger partial charge in [-0.15, -0.1) is 0 Å². The fraction of sp³-hybridized carbons (Fsp3) is 0.348. The van der Waals surface area contributed by atoms with Crippen LogP contribution in [0.3, 0.4) is 0 Å². The van der Waals surface area contributed by atoms with Crippen molar-refractivity contribution >= 4 is 9.84 Å². The molecule has 5 heteroatoms. The van der Waals surface area contributed by atoms with E-state index in [0.29, 0.717) is 16.7 Å². The molecule has 3 rings (SSSR count). The normalized spacial score (nSPS) is 12.1. The topological polar surface area (TPSA) is 52.0 Å². The van der Waals surface area contributed by atoms with E-state index in [1.165, 1.54) is 6.26 Å². The van der Waals surface area contributed by atoms with Crippen molar-refractivity contribution in [2.45, 2.75) is 45.1 Å². The van der Waals surface area contributed by atoms with Crippen LogP contribution in [0.15, 0.2) is 59.5 Å². The standard InChI is InChI=1S/C23H28N2O2S/c1-16(2)15-25-23(14-22(24-25)17(3)4)19-11-9-18(10-12-19)20-7-6-8-21(13-20)28(5,26)27/h6-14,16-17H,15H2,1-5H3. The first-order valence-electron chi connectivity index (χ1n) is 9.64. The molecule has 0 fully saturated rings. The van der Waals surface area contributed by atoms with Gasteiger partial charge < -0.3 is 0 Å². The number of nitrogens with zero attached hydrogens (tertiary/aromatic N) is 2. The molecule has 0 amide bonds. The molecule has 148 valence electrons. The summed E-state index contributed by atoms with van der Waals surface area (Å²) in [6.45, 7) is 9.57. The maximum Gasteiger partial charge on any atom is 0.175 e. The van der Waals surface area contributed by atoms with Crippen molar-refractivity contribution in [2.24, 2.45) is 5.92 Å². The van der Waals surface area contributed by atoms with E-state index in [-0.39, 0.29) is 0 Å². The zero-order valence-electron chi connectivity index (χ0n) is 17.2. The van der Waals surface area contributed by atoms with Crippen molar-refractivity contribution in [3.63, 3.8) is 0 Å². The molecule has 0 N–H and O–H groups in total. The molecule has 0 unspecified atom stereocenters. The maximum absolute atomic E-state index is 11.8. The summed E-state index contributed by atoms with van der Waals surface area (Å²) in [5.41, 5.74) is 5.22. The van der Waals surface area contributed by atoms with Crippen molar-refractivity contribution in [1.82, 2.24) is 9.78 Å². The predicted molar refractivity (Wildman–Crippen MR) is 115 cm³/mol. The third-order valence-electron chi connectivity index (χ3n) is 4.70. The van der Waals surface area contributed by atoms with Gasteiger partial charge >= 0.3 is 0 Å². The van der Waals surface area contributed by atoms with Gasteiger partial charge in [-0.25, -0.2) is 8.42 Å². The fourth-order valence-electron chi connectivity index (χ4n) is 3.18. The molecular formula is C23H28N2O2S. The summed E-state index contributed by atoms with van der Waals surface area (Å²) in [7, 11) is -3.22. The summed E-state index contributed by atoms with van der Waals surface area (Å²) in [5, 5.41) is 4.80. The number of hydrogen-bond donors (Lipinski definition) is 0. The van der Waals surface area contributed by atoms with E-state index in [9.17, 15) is 8.42 Å². The lowest BCUT2D eigenvalue weighted by molar-refractivity contribution is 0.482. The van der Waals surface area contributed by atoms with Gasteiger partial charge in [0, 0.05) is 12.8 Å². The Hall–Kier alpha value is -2.40. The molecule has 3 aromatic rings. The first-order valence-corrected chi connectivity index (χ1v) is 11.5. The minimum absolute atomic E-state index is 0.339. The van der Waals surface area contributed by atoms with Crippen LogP contribution in [0, 0.1) is 5.92 Å². The minimum Gasteiger partial charge on any atom is -0.264 e. The summed E-state index contributed by atoms with van der Waals surface area (Å²) in [5.74, 6) is 0.891. The summed E-state index contributed by atoms with van der Waals surface area (Å²) in [6.07, 6.45) is 1.23. The van der Waals surface area contributed by atoms with Crippen LogP contribution in [0.5, 0.6) is 0 Å². The van der Waals surface area contributed by atoms with Gasteiger partial charge in [-0.1, -0.05) is 64.1 Å². The Bertz CT molecular complexity index is 1060. The van der Waals surface area contributed by atoms with Crippen LogP contribution in [-0.4, -0.2) is 24.5 Å². The van der Waals surface area contributed by atoms with Gasteiger partial charge in [0.1, 0.15) is 0 Å². The van der Waals surface area contributed by atoms with Crippen LogP contribution >= 0.6 is 0 Å². The average Bonchev–Trinajstić information content (AvgIpc) is 3.05. The van der Waals surface area contributed by atoms with Crippen LogP contribution in [-0.2, 0) is 16.4 Å². The SMILES string of the molecule is CC(C)Cn1nc(C(C)C)cc1-c1ccc(-c2cccc(S(C)(=O)=O)c2)cc1. The lowest BCUT2D eigenvalue weighted by Crippen LogP contribution is -2.08. The molecule has 0 saturated heterocycles. The van der Waals surface area contributed by atoms with Gasteiger partial charge in [-0.3, -0.25) is 4.68 Å². The van der Waals surface area contributed by atoms with Crippen molar-refractivity contribution < 1.29 is 8.42 Å². The van der Waals surface area contributed by atoms with Crippen molar-refractivity contribution in [1.29, 1.82) is 0 Å². The maximum atomic E-state index is 11.8. The van der Waals surface area contributed by atoms with Crippen LogP contribution in [0.1, 0.15) is 39.3 Å². The molecule has 0 aliphatic heterocycles. The largest absolute Gasteiger partial charge is 0.264 e. The van der Waals surface area contributed by atoms with Gasteiger partial charge in [-0.05, 0) is 46.7 Å². The molecule has 1 aromatic heterocycles. The van der Waals surface area contributed by atoms with E-state index in [4.69, 9.17) is 5.10 Å². The van der Waals surface area contributed by atoms with E-state index in [1.54, 1.807) is 18.2 Å². The predicted octanol–water partition coefficient (Wildman–Crippen LogP) is 5.40. The van der Waals surface area contributed by atoms with E-state index in [1.807, 2.05) is 18.2 Å². The molecule has 0 atom stereocenters. The molecule has 1 heterocycles. The first kappa shape index (κ1) is 20.3. The summed E-state index contributed by atoms with van der Waals surface area (Å²) >= 11 is 0. The molecule has 28 heavy (non-hydrogen) atoms. The van der Waals surface area contributed by atoms with E-state index in [0.717, 1.165) is 34.6 Å². The third-order valence-corrected chi connectivity index (χ3v) is 5.81. The van der Waals surface area contributed by atoms with Gasteiger partial charge in [0.15, 0.2) is 9.84 Å². The Morgan fingerprint density at radius 3 is 2.11 bits per heavy atom. The van der Waals surface area contributed by atoms with E-state index < -0.39 is 9.84 Å². The molecule has 0 radical (unpaired) electrons. The van der Waals surface area contributed by atoms with E-state index in [2.05, 4.69) is 50.6 Å². The Morgan fingerprint density at radius 2 is 1.54 bits per heavy atom. The molecular weight excluding hydrogens is 368 g/mol. The molecule has 0 spiro atoms. The van der Waals surface area contributed by atoms with Crippen LogP contribution < -0.4 is 0 Å². The Balaban J connectivity index is 1.97. The summed E-state index contributed by atoms with van der Waals surface area (Å²) in [4.78, 5) is 0.339. The number of aromatic nitrogens is 2. The monoisotopic (exact) mass is 396 g/mol. The molecule has 0 aliphatic carbocycles. The highest BCUT2D eigenvalue weighted by Crippen LogP contribution is 2.28. The highest BCUT2D eigenvalue weighted by molar-refractivity contribution is 7.90. The van der Waals surface area contributed by atoms with Crippen LogP contribution in [0.4, 0.5) is 0 Å². The van der Waals surface area contributed by atoms with Gasteiger partial charge in [-0.2, -0.15) is 5.10 Å². The lowest BCUT2D eigenvalue weighted by Gasteiger charge is -2.11. The molecule has 2 aromatic carbocycles. The number of sulfone groups is 1. The minimum atomic E-state index is -3.22. The van der Waals surface area contributed by atoms with Gasteiger partial charge in [0.2, 0.25) is 0 Å². The molecule has 0 aliphatic rings. The quantitative estimate of drug-likeness (QED) is 0.560. The third kappa shape index (κ3) is 4.53. The smallest absolute Gasteiger partial charge is 0.175 e. The first-order chi connectivity index (χ1) is 13.1. The Morgan fingerprint density at radius 1 is 0.893 bits per heavy atom. The zero-order valence-corrected chi connectivity index (χ0v) is 18.0. The Labute approximate surface area is 168 Å².